The Morgan fingerprint density at radius 2 is 2.00 bits per heavy atom. The number of primary amides is 1. The maximum Gasteiger partial charge on any atom is 0.236 e. The van der Waals surface area contributed by atoms with Crippen molar-refractivity contribution in [3.05, 3.63) is 12.1 Å². The Morgan fingerprint density at radius 1 is 1.35 bits per heavy atom. The average Bonchev–Trinajstić information content (AvgIpc) is 2.34. The molecule has 0 saturated heterocycles. The van der Waals surface area contributed by atoms with E-state index in [9.17, 15) is 4.79 Å². The van der Waals surface area contributed by atoms with Crippen LogP contribution < -0.4 is 20.5 Å². The predicted octanol–water partition coefficient (Wildman–Crippen LogP) is 1.32. The lowest BCUT2D eigenvalue weighted by molar-refractivity contribution is -0.116. The second-order valence-electron chi connectivity index (χ2n) is 3.23. The lowest BCUT2D eigenvalue weighted by Crippen LogP contribution is -2.22. The van der Waals surface area contributed by atoms with Crippen LogP contribution in [0.3, 0.4) is 0 Å². The maximum absolute atomic E-state index is 10.7. The number of carbonyl (C=O) groups excluding carboxylic acids is 1. The van der Waals surface area contributed by atoms with Gasteiger partial charge in [-0.1, -0.05) is 0 Å². The minimum absolute atomic E-state index is 0.0537. The molecular formula is C11H16N2O3S. The zero-order chi connectivity index (χ0) is 12.8. The second-order valence-corrected chi connectivity index (χ2v) is 4.08. The Bertz CT molecular complexity index is 410. The highest BCUT2D eigenvalue weighted by Crippen LogP contribution is 2.37. The first-order valence-electron chi connectivity index (χ1n) is 4.94. The van der Waals surface area contributed by atoms with E-state index in [-0.39, 0.29) is 6.54 Å². The second kappa shape index (κ2) is 6.24. The number of thioether (sulfide) groups is 1. The number of benzene rings is 1. The van der Waals surface area contributed by atoms with E-state index in [2.05, 4.69) is 5.32 Å². The van der Waals surface area contributed by atoms with Crippen LogP contribution in [-0.4, -0.2) is 32.9 Å². The fourth-order valence-electron chi connectivity index (χ4n) is 1.35. The summed E-state index contributed by atoms with van der Waals surface area (Å²) in [6, 6.07) is 3.64. The summed E-state index contributed by atoms with van der Waals surface area (Å²) in [5.74, 6) is 0.946. The minimum Gasteiger partial charge on any atom is -0.496 e. The molecule has 94 valence electrons. The van der Waals surface area contributed by atoms with Gasteiger partial charge in [0.15, 0.2) is 0 Å². The van der Waals surface area contributed by atoms with Crippen molar-refractivity contribution in [2.24, 2.45) is 5.73 Å². The third-order valence-electron chi connectivity index (χ3n) is 2.16. The number of anilines is 1. The highest BCUT2D eigenvalue weighted by Gasteiger charge is 2.10. The molecule has 0 aromatic heterocycles. The Labute approximate surface area is 105 Å². The molecule has 3 N–H and O–H groups in total. The van der Waals surface area contributed by atoms with Crippen LogP contribution in [0.15, 0.2) is 17.0 Å². The number of amides is 1. The molecule has 0 unspecified atom stereocenters. The minimum atomic E-state index is -0.431. The van der Waals surface area contributed by atoms with Gasteiger partial charge in [-0.25, -0.2) is 0 Å². The fraction of sp³-hybridized carbons (Fsp3) is 0.364. The van der Waals surface area contributed by atoms with E-state index in [0.29, 0.717) is 11.4 Å². The van der Waals surface area contributed by atoms with Crippen LogP contribution in [-0.2, 0) is 4.79 Å². The van der Waals surface area contributed by atoms with Gasteiger partial charge in [0.1, 0.15) is 11.5 Å². The number of hydrogen-bond donors (Lipinski definition) is 2. The van der Waals surface area contributed by atoms with E-state index in [1.165, 1.54) is 0 Å². The van der Waals surface area contributed by atoms with Gasteiger partial charge in [-0.3, -0.25) is 4.79 Å². The van der Waals surface area contributed by atoms with Gasteiger partial charge < -0.3 is 20.5 Å². The summed E-state index contributed by atoms with van der Waals surface area (Å²) in [5, 5.41) is 2.90. The van der Waals surface area contributed by atoms with E-state index in [4.69, 9.17) is 15.2 Å². The number of methoxy groups -OCH3 is 2. The first-order chi connectivity index (χ1) is 8.12. The van der Waals surface area contributed by atoms with Gasteiger partial charge >= 0.3 is 0 Å². The number of hydrogen-bond acceptors (Lipinski definition) is 5. The molecule has 0 atom stereocenters. The van der Waals surface area contributed by atoms with Crippen LogP contribution in [0.2, 0.25) is 0 Å². The smallest absolute Gasteiger partial charge is 0.236 e. The molecule has 1 aromatic carbocycles. The monoisotopic (exact) mass is 256 g/mol. The van der Waals surface area contributed by atoms with Gasteiger partial charge in [0.25, 0.3) is 0 Å². The van der Waals surface area contributed by atoms with Gasteiger partial charge in [0, 0.05) is 6.07 Å². The van der Waals surface area contributed by atoms with Gasteiger partial charge in [0.2, 0.25) is 5.91 Å². The summed E-state index contributed by atoms with van der Waals surface area (Å²) in [4.78, 5) is 11.7. The van der Waals surface area contributed by atoms with E-state index >= 15 is 0 Å². The standard InChI is InChI=1S/C11H16N2O3S/c1-15-8-5-10(17-3)9(16-2)4-7(8)13-6-11(12)14/h4-5,13H,6H2,1-3H3,(H2,12,14). The first kappa shape index (κ1) is 13.5. The number of carbonyl (C=O) groups is 1. The molecule has 0 spiro atoms. The van der Waals surface area contributed by atoms with E-state index in [1.807, 2.05) is 12.3 Å². The highest BCUT2D eigenvalue weighted by molar-refractivity contribution is 7.98. The number of rotatable bonds is 6. The molecule has 0 aliphatic rings. The van der Waals surface area contributed by atoms with Crippen LogP contribution >= 0.6 is 11.8 Å². The van der Waals surface area contributed by atoms with Crippen molar-refractivity contribution in [2.45, 2.75) is 4.90 Å². The molecule has 1 rings (SSSR count). The van der Waals surface area contributed by atoms with E-state index in [0.717, 1.165) is 10.6 Å². The van der Waals surface area contributed by atoms with Crippen molar-refractivity contribution in [3.63, 3.8) is 0 Å². The van der Waals surface area contributed by atoms with Crippen molar-refractivity contribution in [1.82, 2.24) is 0 Å². The van der Waals surface area contributed by atoms with Crippen LogP contribution in [0.5, 0.6) is 11.5 Å². The predicted molar refractivity (Wildman–Crippen MR) is 69.0 cm³/mol. The third kappa shape index (κ3) is 3.45. The zero-order valence-electron chi connectivity index (χ0n) is 10.1. The topological polar surface area (TPSA) is 73.6 Å². The maximum atomic E-state index is 10.7. The van der Waals surface area contributed by atoms with Crippen LogP contribution in [0.25, 0.3) is 0 Å². The molecule has 1 aromatic rings. The molecule has 5 nitrogen and oxygen atoms in total. The van der Waals surface area contributed by atoms with Crippen LogP contribution in [0.1, 0.15) is 0 Å². The fourth-order valence-corrected chi connectivity index (χ4v) is 1.92. The normalized spacial score (nSPS) is 9.82. The Hall–Kier alpha value is -1.56. The van der Waals surface area contributed by atoms with Crippen LogP contribution in [0, 0.1) is 0 Å². The molecule has 17 heavy (non-hydrogen) atoms. The van der Waals surface area contributed by atoms with E-state index < -0.39 is 5.91 Å². The number of nitrogens with one attached hydrogen (secondary N) is 1. The summed E-state index contributed by atoms with van der Waals surface area (Å²) in [7, 11) is 3.17. The van der Waals surface area contributed by atoms with Gasteiger partial charge in [-0.15, -0.1) is 11.8 Å². The molecule has 0 radical (unpaired) electrons. The SMILES string of the molecule is COc1cc(SC)c(OC)cc1NCC(N)=O. The number of ether oxygens (including phenoxy) is 2. The lowest BCUT2D eigenvalue weighted by Gasteiger charge is -2.14. The summed E-state index contributed by atoms with van der Waals surface area (Å²) >= 11 is 1.56. The van der Waals surface area contributed by atoms with E-state index in [1.54, 1.807) is 32.0 Å². The van der Waals surface area contributed by atoms with Gasteiger partial charge in [-0.05, 0) is 12.3 Å². The molecule has 0 saturated carbocycles. The zero-order valence-corrected chi connectivity index (χ0v) is 10.9. The third-order valence-corrected chi connectivity index (χ3v) is 2.92. The summed E-state index contributed by atoms with van der Waals surface area (Å²) < 4.78 is 10.5. The quantitative estimate of drug-likeness (QED) is 0.751. The molecule has 1 amide bonds. The van der Waals surface area contributed by atoms with Crippen molar-refractivity contribution >= 4 is 23.4 Å². The van der Waals surface area contributed by atoms with Crippen LogP contribution in [0.4, 0.5) is 5.69 Å². The largest absolute Gasteiger partial charge is 0.496 e. The average molecular weight is 256 g/mol. The van der Waals surface area contributed by atoms with Crippen molar-refractivity contribution in [1.29, 1.82) is 0 Å². The first-order valence-corrected chi connectivity index (χ1v) is 6.17. The highest BCUT2D eigenvalue weighted by atomic mass is 32.2. The van der Waals surface area contributed by atoms with Crippen molar-refractivity contribution < 1.29 is 14.3 Å². The van der Waals surface area contributed by atoms with Crippen molar-refractivity contribution in [2.75, 3.05) is 32.3 Å². The van der Waals surface area contributed by atoms with Gasteiger partial charge in [-0.2, -0.15) is 0 Å². The molecular weight excluding hydrogens is 240 g/mol. The molecule has 0 bridgehead atoms. The molecule has 0 fully saturated rings. The molecule has 0 aliphatic carbocycles. The Morgan fingerprint density at radius 3 is 2.47 bits per heavy atom. The lowest BCUT2D eigenvalue weighted by atomic mass is 10.2. The van der Waals surface area contributed by atoms with Gasteiger partial charge in [0.05, 0.1) is 31.3 Å². The molecule has 6 heteroatoms. The molecule has 0 heterocycles. The Balaban J connectivity index is 3.05. The summed E-state index contributed by atoms with van der Waals surface area (Å²) in [5.41, 5.74) is 5.76. The molecule has 0 aliphatic heterocycles. The summed E-state index contributed by atoms with van der Waals surface area (Å²) in [6.45, 7) is 0.0537. The van der Waals surface area contributed by atoms with Crippen molar-refractivity contribution in [3.8, 4) is 11.5 Å². The number of nitrogens with two attached hydrogens (primary N) is 1. The Kier molecular flexibility index (Phi) is 4.96. The summed E-state index contributed by atoms with van der Waals surface area (Å²) in [6.07, 6.45) is 1.95.